The lowest BCUT2D eigenvalue weighted by Crippen LogP contribution is -2.29. The fourth-order valence-electron chi connectivity index (χ4n) is 3.65. The normalized spacial score (nSPS) is 19.9. The Kier molecular flexibility index (Phi) is 6.35. The first-order valence-electron chi connectivity index (χ1n) is 10.2. The van der Waals surface area contributed by atoms with Gasteiger partial charge in [0.25, 0.3) is 5.91 Å². The molecule has 0 saturated carbocycles. The number of halogens is 1. The molecule has 0 radical (unpaired) electrons. The summed E-state index contributed by atoms with van der Waals surface area (Å²) in [4.78, 5) is 22.1. The van der Waals surface area contributed by atoms with E-state index < -0.39 is 0 Å². The number of hydrogen-bond donors (Lipinski definition) is 1. The molecular weight excluding hydrogens is 418 g/mol. The van der Waals surface area contributed by atoms with Crippen molar-refractivity contribution in [1.82, 2.24) is 4.90 Å². The van der Waals surface area contributed by atoms with Crippen LogP contribution in [-0.4, -0.2) is 40.7 Å². The predicted molar refractivity (Wildman–Crippen MR) is 126 cm³/mol. The van der Waals surface area contributed by atoms with Gasteiger partial charge in [0.05, 0.1) is 10.6 Å². The van der Waals surface area contributed by atoms with Crippen LogP contribution in [0.1, 0.15) is 31.7 Å². The number of amides is 1. The number of thioether (sulfide) groups is 1. The topological polar surface area (TPSA) is 56.1 Å². The number of benzene rings is 2. The quantitative estimate of drug-likeness (QED) is 0.622. The summed E-state index contributed by atoms with van der Waals surface area (Å²) in [6, 6.07) is 13.0. The number of aromatic hydroxyl groups is 1. The van der Waals surface area contributed by atoms with Crippen LogP contribution < -0.4 is 4.90 Å². The second-order valence-electron chi connectivity index (χ2n) is 7.32. The van der Waals surface area contributed by atoms with E-state index in [1.54, 1.807) is 23.1 Å². The van der Waals surface area contributed by atoms with Gasteiger partial charge in [-0.3, -0.25) is 9.69 Å². The number of carbonyl (C=O) groups excluding carboxylic acids is 1. The zero-order valence-electron chi connectivity index (χ0n) is 16.8. The second kappa shape index (κ2) is 9.14. The van der Waals surface area contributed by atoms with E-state index in [-0.39, 0.29) is 11.7 Å². The Morgan fingerprint density at radius 2 is 1.87 bits per heavy atom. The van der Waals surface area contributed by atoms with E-state index in [2.05, 4.69) is 17.0 Å². The number of phenolic OH excluding ortho intramolecular Hbond substituents is 1. The lowest BCUT2D eigenvalue weighted by atomic mass is 10.1. The van der Waals surface area contributed by atoms with Crippen LogP contribution >= 0.6 is 23.4 Å². The van der Waals surface area contributed by atoms with Gasteiger partial charge in [0.2, 0.25) is 0 Å². The lowest BCUT2D eigenvalue weighted by molar-refractivity contribution is -0.122. The predicted octanol–water partition coefficient (Wildman–Crippen LogP) is 5.66. The van der Waals surface area contributed by atoms with Crippen LogP contribution in [0, 0.1) is 0 Å². The maximum Gasteiger partial charge on any atom is 0.266 e. The van der Waals surface area contributed by atoms with E-state index in [0.717, 1.165) is 18.8 Å². The number of likely N-dealkylation sites (N-methyl/N-ethyl adjacent to an activating group) is 1. The van der Waals surface area contributed by atoms with Crippen molar-refractivity contribution < 1.29 is 9.90 Å². The van der Waals surface area contributed by atoms with Gasteiger partial charge in [0, 0.05) is 35.9 Å². The van der Waals surface area contributed by atoms with Crippen molar-refractivity contribution in [2.75, 3.05) is 24.5 Å². The molecule has 2 aromatic rings. The van der Waals surface area contributed by atoms with Gasteiger partial charge in [-0.2, -0.15) is 0 Å². The average Bonchev–Trinajstić information content (AvgIpc) is 3.06. The average molecular weight is 442 g/mol. The number of anilines is 1. The Labute approximate surface area is 186 Å². The number of aliphatic imine (C=N–C) groups is 1. The number of amidine groups is 1. The van der Waals surface area contributed by atoms with Crippen LogP contribution in [0.5, 0.6) is 5.75 Å². The fourth-order valence-corrected chi connectivity index (χ4v) is 4.89. The molecule has 1 amide bonds. The third-order valence-corrected chi connectivity index (χ3v) is 6.52. The van der Waals surface area contributed by atoms with Gasteiger partial charge in [-0.1, -0.05) is 11.6 Å². The van der Waals surface area contributed by atoms with Crippen LogP contribution in [0.25, 0.3) is 6.08 Å². The Hall–Kier alpha value is -2.44. The van der Waals surface area contributed by atoms with Gasteiger partial charge in [-0.05, 0) is 86.5 Å². The molecule has 2 heterocycles. The molecule has 2 aromatic carbocycles. The van der Waals surface area contributed by atoms with Gasteiger partial charge >= 0.3 is 0 Å². The smallest absolute Gasteiger partial charge is 0.266 e. The summed E-state index contributed by atoms with van der Waals surface area (Å²) >= 11 is 7.34. The zero-order chi connectivity index (χ0) is 21.1. The fraction of sp³-hybridized carbons (Fsp3) is 0.304. The number of carbonyl (C=O) groups is 1. The minimum Gasteiger partial charge on any atom is -0.507 e. The molecule has 4 rings (SSSR count). The summed E-state index contributed by atoms with van der Waals surface area (Å²) in [6.45, 7) is 4.65. The first kappa shape index (κ1) is 20.8. The molecule has 7 heteroatoms. The Bertz CT molecular complexity index is 998. The van der Waals surface area contributed by atoms with Crippen molar-refractivity contribution >= 4 is 51.9 Å². The van der Waals surface area contributed by atoms with Crippen molar-refractivity contribution in [3.63, 3.8) is 0 Å². The summed E-state index contributed by atoms with van der Waals surface area (Å²) in [6.07, 6.45) is 5.46. The van der Waals surface area contributed by atoms with Crippen molar-refractivity contribution in [1.29, 1.82) is 0 Å². The molecule has 156 valence electrons. The first-order chi connectivity index (χ1) is 14.5. The third-order valence-electron chi connectivity index (χ3n) is 5.28. The summed E-state index contributed by atoms with van der Waals surface area (Å²) < 4.78 is 0. The third kappa shape index (κ3) is 4.50. The van der Waals surface area contributed by atoms with E-state index >= 15 is 0 Å². The Morgan fingerprint density at radius 3 is 2.57 bits per heavy atom. The van der Waals surface area contributed by atoms with E-state index in [1.807, 2.05) is 19.1 Å². The summed E-state index contributed by atoms with van der Waals surface area (Å²) in [5.41, 5.74) is 2.55. The number of hydrogen-bond acceptors (Lipinski definition) is 5. The van der Waals surface area contributed by atoms with Crippen molar-refractivity contribution in [2.24, 2.45) is 4.99 Å². The van der Waals surface area contributed by atoms with Gasteiger partial charge in [0.1, 0.15) is 5.75 Å². The number of nitrogens with zero attached hydrogens (tertiary/aromatic N) is 3. The van der Waals surface area contributed by atoms with Gasteiger partial charge in [0.15, 0.2) is 5.17 Å². The molecule has 2 saturated heterocycles. The van der Waals surface area contributed by atoms with Crippen molar-refractivity contribution in [3.05, 3.63) is 58.0 Å². The maximum absolute atomic E-state index is 12.8. The number of phenols is 1. The molecule has 0 unspecified atom stereocenters. The number of piperidine rings is 1. The lowest BCUT2D eigenvalue weighted by Gasteiger charge is -2.28. The largest absolute Gasteiger partial charge is 0.507 e. The molecule has 0 aliphatic carbocycles. The summed E-state index contributed by atoms with van der Waals surface area (Å²) in [5, 5.41) is 11.2. The van der Waals surface area contributed by atoms with E-state index in [4.69, 9.17) is 16.6 Å². The SMILES string of the molecule is CCN1C(=O)/C(=C/c2cc(Cl)ccc2O)SC1=Nc1ccc(N2CCCCC2)cc1. The highest BCUT2D eigenvalue weighted by molar-refractivity contribution is 8.18. The maximum atomic E-state index is 12.8. The van der Waals surface area contributed by atoms with Crippen molar-refractivity contribution in [2.45, 2.75) is 26.2 Å². The molecule has 1 N–H and O–H groups in total. The Balaban J connectivity index is 1.57. The second-order valence-corrected chi connectivity index (χ2v) is 8.77. The first-order valence-corrected chi connectivity index (χ1v) is 11.4. The monoisotopic (exact) mass is 441 g/mol. The van der Waals surface area contributed by atoms with Gasteiger partial charge in [-0.15, -0.1) is 0 Å². The molecule has 0 spiro atoms. The van der Waals surface area contributed by atoms with Crippen LogP contribution in [0.15, 0.2) is 52.4 Å². The van der Waals surface area contributed by atoms with Crippen LogP contribution in [0.2, 0.25) is 5.02 Å². The highest BCUT2D eigenvalue weighted by Gasteiger charge is 2.32. The molecule has 5 nitrogen and oxygen atoms in total. The highest BCUT2D eigenvalue weighted by Crippen LogP contribution is 2.36. The van der Waals surface area contributed by atoms with E-state index in [0.29, 0.717) is 27.2 Å². The molecule has 2 fully saturated rings. The zero-order valence-corrected chi connectivity index (χ0v) is 18.4. The molecule has 30 heavy (non-hydrogen) atoms. The molecule has 0 bridgehead atoms. The molecule has 2 aliphatic rings. The highest BCUT2D eigenvalue weighted by atomic mass is 35.5. The molecule has 0 aromatic heterocycles. The van der Waals surface area contributed by atoms with E-state index in [9.17, 15) is 9.90 Å². The van der Waals surface area contributed by atoms with Gasteiger partial charge < -0.3 is 10.0 Å². The minimum atomic E-state index is -0.120. The minimum absolute atomic E-state index is 0.0852. The number of rotatable bonds is 4. The van der Waals surface area contributed by atoms with Crippen LogP contribution in [0.3, 0.4) is 0 Å². The molecule has 0 atom stereocenters. The molecular formula is C23H24ClN3O2S. The Morgan fingerprint density at radius 1 is 1.13 bits per heavy atom. The summed E-state index contributed by atoms with van der Waals surface area (Å²) in [5.74, 6) is -0.0346. The summed E-state index contributed by atoms with van der Waals surface area (Å²) in [7, 11) is 0. The van der Waals surface area contributed by atoms with E-state index in [1.165, 1.54) is 42.8 Å². The standard InChI is InChI=1S/C23H24ClN3O2S/c1-2-27-22(29)21(15-16-14-17(24)6-11-20(16)28)30-23(27)25-18-7-9-19(10-8-18)26-12-4-3-5-13-26/h6-11,14-15,28H,2-5,12-13H2,1H3/b21-15-,25-23?. The van der Waals surface area contributed by atoms with Gasteiger partial charge in [-0.25, -0.2) is 4.99 Å². The van der Waals surface area contributed by atoms with Crippen LogP contribution in [-0.2, 0) is 4.79 Å². The van der Waals surface area contributed by atoms with Crippen LogP contribution in [0.4, 0.5) is 11.4 Å². The van der Waals surface area contributed by atoms with Crippen molar-refractivity contribution in [3.8, 4) is 5.75 Å². The molecule has 2 aliphatic heterocycles.